The molecule has 0 aliphatic rings. The number of rotatable bonds is 3. The van der Waals surface area contributed by atoms with Gasteiger partial charge in [0.2, 0.25) is 0 Å². The summed E-state index contributed by atoms with van der Waals surface area (Å²) in [6.45, 7) is 0. The lowest BCUT2D eigenvalue weighted by atomic mass is 10.3. The van der Waals surface area contributed by atoms with E-state index in [4.69, 9.17) is 5.26 Å². The number of nitriles is 1. The summed E-state index contributed by atoms with van der Waals surface area (Å²) < 4.78 is 0. The van der Waals surface area contributed by atoms with Crippen LogP contribution in [0, 0.1) is 10.7 Å². The maximum atomic E-state index is 11.6. The Kier molecular flexibility index (Phi) is 4.31. The first-order valence-electron chi connectivity index (χ1n) is 5.28. The third-order valence-electron chi connectivity index (χ3n) is 2.08. The van der Waals surface area contributed by atoms with E-state index in [0.29, 0.717) is 11.5 Å². The van der Waals surface area contributed by atoms with Gasteiger partial charge in [-0.15, -0.1) is 0 Å². The molecule has 0 aliphatic heterocycles. The number of thiocyanates is 1. The van der Waals surface area contributed by atoms with Gasteiger partial charge < -0.3 is 5.32 Å². The average molecular weight is 271 g/mol. The zero-order chi connectivity index (χ0) is 13.5. The van der Waals surface area contributed by atoms with Gasteiger partial charge in [-0.25, -0.2) is 9.78 Å². The predicted molar refractivity (Wildman–Crippen MR) is 72.6 cm³/mol. The molecule has 2 N–H and O–H groups in total. The topological polar surface area (TPSA) is 90.7 Å². The summed E-state index contributed by atoms with van der Waals surface area (Å²) >= 11 is 1.06. The lowest BCUT2D eigenvalue weighted by Crippen LogP contribution is -2.20. The van der Waals surface area contributed by atoms with Crippen LogP contribution in [0.15, 0.2) is 47.8 Å². The number of hydrogen-bond donors (Lipinski definition) is 2. The van der Waals surface area contributed by atoms with Gasteiger partial charge in [0.05, 0.1) is 6.20 Å². The standard InChI is InChI=1S/C12H9N5OS/c13-8-19-10-3-1-9(2-4-10)16-12(18)17-11-7-14-5-6-15-11/h1-7H,(H2,15,16,17,18). The number of nitrogens with zero attached hydrogens (tertiary/aromatic N) is 3. The van der Waals surface area contributed by atoms with Crippen molar-refractivity contribution < 1.29 is 4.79 Å². The summed E-state index contributed by atoms with van der Waals surface area (Å²) in [6.07, 6.45) is 4.46. The number of hydrogen-bond acceptors (Lipinski definition) is 5. The molecular weight excluding hydrogens is 262 g/mol. The van der Waals surface area contributed by atoms with Crippen LogP contribution < -0.4 is 10.6 Å². The number of carbonyl (C=O) groups excluding carboxylic acids is 1. The molecule has 0 radical (unpaired) electrons. The van der Waals surface area contributed by atoms with Crippen LogP contribution in [0.1, 0.15) is 0 Å². The minimum absolute atomic E-state index is 0.372. The normalized spacial score (nSPS) is 9.42. The molecule has 0 saturated carbocycles. The SMILES string of the molecule is N#CSc1ccc(NC(=O)Nc2cnccn2)cc1. The van der Waals surface area contributed by atoms with Crippen molar-refractivity contribution in [1.82, 2.24) is 9.97 Å². The summed E-state index contributed by atoms with van der Waals surface area (Å²) in [5.41, 5.74) is 0.628. The Labute approximate surface area is 113 Å². The third-order valence-corrected chi connectivity index (χ3v) is 2.68. The molecule has 0 unspecified atom stereocenters. The molecule has 94 valence electrons. The zero-order valence-electron chi connectivity index (χ0n) is 9.70. The number of nitrogens with one attached hydrogen (secondary N) is 2. The summed E-state index contributed by atoms with van der Waals surface area (Å²) in [4.78, 5) is 20.2. The van der Waals surface area contributed by atoms with Gasteiger partial charge in [-0.2, -0.15) is 5.26 Å². The van der Waals surface area contributed by atoms with Crippen molar-refractivity contribution in [3.63, 3.8) is 0 Å². The van der Waals surface area contributed by atoms with Gasteiger partial charge in [0, 0.05) is 23.0 Å². The van der Waals surface area contributed by atoms with Crippen LogP contribution in [0.5, 0.6) is 0 Å². The lowest BCUT2D eigenvalue weighted by Gasteiger charge is -2.06. The van der Waals surface area contributed by atoms with Gasteiger partial charge in [-0.05, 0) is 36.0 Å². The number of aromatic nitrogens is 2. The van der Waals surface area contributed by atoms with Crippen LogP contribution >= 0.6 is 11.8 Å². The molecule has 0 atom stereocenters. The van der Waals surface area contributed by atoms with E-state index in [0.717, 1.165) is 16.7 Å². The molecular formula is C12H9N5OS. The maximum Gasteiger partial charge on any atom is 0.324 e. The first-order chi connectivity index (χ1) is 9.28. The van der Waals surface area contributed by atoms with E-state index in [-0.39, 0.29) is 0 Å². The van der Waals surface area contributed by atoms with E-state index in [2.05, 4.69) is 20.6 Å². The molecule has 1 aromatic carbocycles. The Morgan fingerprint density at radius 1 is 1.21 bits per heavy atom. The van der Waals surface area contributed by atoms with Gasteiger partial charge in [-0.3, -0.25) is 10.3 Å². The molecule has 0 aliphatic carbocycles. The lowest BCUT2D eigenvalue weighted by molar-refractivity contribution is 0.262. The minimum Gasteiger partial charge on any atom is -0.308 e. The Morgan fingerprint density at radius 2 is 2.00 bits per heavy atom. The number of anilines is 2. The minimum atomic E-state index is -0.402. The van der Waals surface area contributed by atoms with E-state index in [1.807, 2.05) is 5.40 Å². The monoisotopic (exact) mass is 271 g/mol. The highest BCUT2D eigenvalue weighted by atomic mass is 32.2. The molecule has 2 amide bonds. The van der Waals surface area contributed by atoms with E-state index in [1.54, 1.807) is 24.3 Å². The summed E-state index contributed by atoms with van der Waals surface area (Å²) in [5, 5.41) is 15.7. The van der Waals surface area contributed by atoms with Crippen LogP contribution in [0.2, 0.25) is 0 Å². The molecule has 19 heavy (non-hydrogen) atoms. The fraction of sp³-hybridized carbons (Fsp3) is 0. The van der Waals surface area contributed by atoms with Crippen LogP contribution in [-0.2, 0) is 0 Å². The third kappa shape index (κ3) is 3.97. The van der Waals surface area contributed by atoms with Crippen molar-refractivity contribution in [2.24, 2.45) is 0 Å². The Morgan fingerprint density at radius 3 is 2.63 bits per heavy atom. The summed E-state index contributed by atoms with van der Waals surface area (Å²) in [5.74, 6) is 0.372. The molecule has 0 bridgehead atoms. The number of amides is 2. The Bertz CT molecular complexity index is 594. The Balaban J connectivity index is 1.94. The van der Waals surface area contributed by atoms with E-state index in [9.17, 15) is 4.79 Å². The van der Waals surface area contributed by atoms with Gasteiger partial charge in [0.1, 0.15) is 5.40 Å². The summed E-state index contributed by atoms with van der Waals surface area (Å²) in [6, 6.07) is 6.55. The number of urea groups is 1. The van der Waals surface area contributed by atoms with Crippen molar-refractivity contribution >= 4 is 29.3 Å². The van der Waals surface area contributed by atoms with Gasteiger partial charge in [0.15, 0.2) is 5.82 Å². The second-order valence-corrected chi connectivity index (χ2v) is 4.25. The van der Waals surface area contributed by atoms with Gasteiger partial charge in [0.25, 0.3) is 0 Å². The average Bonchev–Trinajstić information content (AvgIpc) is 2.42. The second kappa shape index (κ2) is 6.37. The molecule has 0 fully saturated rings. The van der Waals surface area contributed by atoms with Crippen molar-refractivity contribution in [2.45, 2.75) is 4.90 Å². The fourth-order valence-electron chi connectivity index (χ4n) is 1.30. The van der Waals surface area contributed by atoms with Crippen LogP contribution in [-0.4, -0.2) is 16.0 Å². The van der Waals surface area contributed by atoms with Gasteiger partial charge >= 0.3 is 6.03 Å². The van der Waals surface area contributed by atoms with Crippen molar-refractivity contribution in [1.29, 1.82) is 5.26 Å². The highest BCUT2D eigenvalue weighted by Gasteiger charge is 2.03. The second-order valence-electron chi connectivity index (χ2n) is 3.39. The van der Waals surface area contributed by atoms with E-state index < -0.39 is 6.03 Å². The van der Waals surface area contributed by atoms with Gasteiger partial charge in [-0.1, -0.05) is 0 Å². The zero-order valence-corrected chi connectivity index (χ0v) is 10.5. The first-order valence-corrected chi connectivity index (χ1v) is 6.09. The van der Waals surface area contributed by atoms with E-state index in [1.165, 1.54) is 18.6 Å². The number of thioether (sulfide) groups is 1. The molecule has 2 aromatic rings. The summed E-state index contributed by atoms with van der Waals surface area (Å²) in [7, 11) is 0. The molecule has 1 aromatic heterocycles. The highest BCUT2D eigenvalue weighted by molar-refractivity contribution is 8.03. The van der Waals surface area contributed by atoms with Crippen molar-refractivity contribution in [3.05, 3.63) is 42.9 Å². The maximum absolute atomic E-state index is 11.6. The van der Waals surface area contributed by atoms with Crippen LogP contribution in [0.25, 0.3) is 0 Å². The number of benzene rings is 1. The predicted octanol–water partition coefficient (Wildman–Crippen LogP) is 2.69. The molecule has 0 spiro atoms. The molecule has 7 heteroatoms. The molecule has 1 heterocycles. The van der Waals surface area contributed by atoms with Crippen LogP contribution in [0.3, 0.4) is 0 Å². The fourth-order valence-corrected chi connectivity index (χ4v) is 1.68. The quantitative estimate of drug-likeness (QED) is 0.661. The van der Waals surface area contributed by atoms with E-state index >= 15 is 0 Å². The smallest absolute Gasteiger partial charge is 0.308 e. The number of carbonyl (C=O) groups is 1. The van der Waals surface area contributed by atoms with Crippen molar-refractivity contribution in [3.8, 4) is 5.40 Å². The van der Waals surface area contributed by atoms with Crippen LogP contribution in [0.4, 0.5) is 16.3 Å². The van der Waals surface area contributed by atoms with Crippen molar-refractivity contribution in [2.75, 3.05) is 10.6 Å². The first kappa shape index (κ1) is 12.9. The molecule has 6 nitrogen and oxygen atoms in total. The highest BCUT2D eigenvalue weighted by Crippen LogP contribution is 2.19. The largest absolute Gasteiger partial charge is 0.324 e. The molecule has 2 rings (SSSR count). The Hall–Kier alpha value is -2.59. The molecule has 0 saturated heterocycles.